The highest BCUT2D eigenvalue weighted by Crippen LogP contribution is 2.28. The summed E-state index contributed by atoms with van der Waals surface area (Å²) in [6.45, 7) is 0.825. The Bertz CT molecular complexity index is 540. The first kappa shape index (κ1) is 15.3. The number of aromatic nitrogens is 1. The number of ether oxygens (including phenoxy) is 1. The maximum absolute atomic E-state index is 12.2. The van der Waals surface area contributed by atoms with Crippen LogP contribution in [0.1, 0.15) is 24.5 Å². The lowest BCUT2D eigenvalue weighted by atomic mass is 9.96. The Balaban J connectivity index is 1.61. The maximum Gasteiger partial charge on any atom is 0.239 e. The number of nitrogens with one attached hydrogen (secondary N) is 1. The van der Waals surface area contributed by atoms with Gasteiger partial charge in [0.1, 0.15) is 12.6 Å². The molecular weight excluding hydrogens is 302 g/mol. The third kappa shape index (κ3) is 3.59. The fourth-order valence-electron chi connectivity index (χ4n) is 2.78. The highest BCUT2D eigenvalue weighted by atomic mass is 32.2. The van der Waals surface area contributed by atoms with E-state index in [4.69, 9.17) is 4.74 Å². The van der Waals surface area contributed by atoms with Crippen molar-refractivity contribution in [3.05, 3.63) is 30.1 Å². The number of carbonyl (C=O) groups is 2. The number of pyridine rings is 1. The summed E-state index contributed by atoms with van der Waals surface area (Å²) >= 11 is 1.54. The van der Waals surface area contributed by atoms with Crippen molar-refractivity contribution < 1.29 is 14.3 Å². The van der Waals surface area contributed by atoms with Crippen molar-refractivity contribution in [1.29, 1.82) is 0 Å². The van der Waals surface area contributed by atoms with Crippen LogP contribution in [0.25, 0.3) is 0 Å². The summed E-state index contributed by atoms with van der Waals surface area (Å²) < 4.78 is 5.84. The molecule has 2 atom stereocenters. The van der Waals surface area contributed by atoms with E-state index in [0.29, 0.717) is 18.2 Å². The number of nitrogens with zero attached hydrogens (tertiary/aromatic N) is 2. The molecule has 0 bridgehead atoms. The van der Waals surface area contributed by atoms with Crippen LogP contribution in [0.2, 0.25) is 0 Å². The monoisotopic (exact) mass is 321 g/mol. The lowest BCUT2D eigenvalue weighted by Gasteiger charge is -2.33. The fraction of sp³-hybridized carbons (Fsp3) is 0.533. The first-order valence-corrected chi connectivity index (χ1v) is 8.56. The second-order valence-corrected chi connectivity index (χ2v) is 6.41. The Morgan fingerprint density at radius 2 is 2.27 bits per heavy atom. The SMILES string of the molecule is O=C(CN1CSCC1=O)N[C@H]1CCCO[C@@H]1c1ccncc1. The van der Waals surface area contributed by atoms with Crippen LogP contribution in [0.3, 0.4) is 0 Å². The normalized spacial score (nSPS) is 25.3. The standard InChI is InChI=1S/C15H19N3O3S/c19-13(8-18-10-22-9-14(18)20)17-12-2-1-7-21-15(12)11-3-5-16-6-4-11/h3-6,12,15H,1-2,7-10H2,(H,17,19)/t12-,15+/m0/s1. The average Bonchev–Trinajstić information content (AvgIpc) is 2.94. The van der Waals surface area contributed by atoms with E-state index < -0.39 is 0 Å². The predicted molar refractivity (Wildman–Crippen MR) is 83.1 cm³/mol. The second kappa shape index (κ2) is 7.11. The largest absolute Gasteiger partial charge is 0.371 e. The van der Waals surface area contributed by atoms with Gasteiger partial charge in [-0.25, -0.2) is 0 Å². The topological polar surface area (TPSA) is 71.5 Å². The van der Waals surface area contributed by atoms with E-state index >= 15 is 0 Å². The van der Waals surface area contributed by atoms with Gasteiger partial charge in [-0.05, 0) is 30.5 Å². The molecule has 2 aliphatic heterocycles. The number of rotatable bonds is 4. The molecule has 0 aromatic carbocycles. The van der Waals surface area contributed by atoms with E-state index in [1.807, 2.05) is 12.1 Å². The lowest BCUT2D eigenvalue weighted by molar-refractivity contribution is -0.133. The van der Waals surface area contributed by atoms with Gasteiger partial charge < -0.3 is 15.0 Å². The van der Waals surface area contributed by atoms with Crippen molar-refractivity contribution in [2.24, 2.45) is 0 Å². The van der Waals surface area contributed by atoms with E-state index in [1.165, 1.54) is 0 Å². The van der Waals surface area contributed by atoms with Gasteiger partial charge in [-0.15, -0.1) is 11.8 Å². The molecule has 7 heteroatoms. The Morgan fingerprint density at radius 1 is 1.45 bits per heavy atom. The number of amides is 2. The van der Waals surface area contributed by atoms with Crippen LogP contribution in [0.4, 0.5) is 0 Å². The highest BCUT2D eigenvalue weighted by Gasteiger charge is 2.30. The average molecular weight is 321 g/mol. The number of thioether (sulfide) groups is 1. The summed E-state index contributed by atoms with van der Waals surface area (Å²) in [4.78, 5) is 29.4. The number of carbonyl (C=O) groups excluding carboxylic acids is 2. The molecule has 118 valence electrons. The molecule has 0 aliphatic carbocycles. The predicted octanol–water partition coefficient (Wildman–Crippen LogP) is 0.951. The van der Waals surface area contributed by atoms with Crippen LogP contribution >= 0.6 is 11.8 Å². The molecular formula is C15H19N3O3S. The van der Waals surface area contributed by atoms with E-state index in [2.05, 4.69) is 10.3 Å². The van der Waals surface area contributed by atoms with Gasteiger partial charge in [0.15, 0.2) is 0 Å². The minimum atomic E-state index is -0.149. The first-order chi connectivity index (χ1) is 10.7. The molecule has 2 aliphatic rings. The van der Waals surface area contributed by atoms with Crippen LogP contribution < -0.4 is 5.32 Å². The highest BCUT2D eigenvalue weighted by molar-refractivity contribution is 8.00. The van der Waals surface area contributed by atoms with Crippen LogP contribution in [-0.4, -0.2) is 52.5 Å². The van der Waals surface area contributed by atoms with E-state index in [1.54, 1.807) is 29.1 Å². The molecule has 0 radical (unpaired) electrons. The Hall–Kier alpha value is -1.60. The molecule has 22 heavy (non-hydrogen) atoms. The van der Waals surface area contributed by atoms with Gasteiger partial charge in [-0.2, -0.15) is 0 Å². The molecule has 1 aromatic heterocycles. The first-order valence-electron chi connectivity index (χ1n) is 7.40. The number of hydrogen-bond donors (Lipinski definition) is 1. The van der Waals surface area contributed by atoms with Gasteiger partial charge in [-0.1, -0.05) is 0 Å². The molecule has 0 spiro atoms. The quantitative estimate of drug-likeness (QED) is 0.894. The van der Waals surface area contributed by atoms with E-state index in [-0.39, 0.29) is 30.5 Å². The van der Waals surface area contributed by atoms with Crippen LogP contribution in [0, 0.1) is 0 Å². The molecule has 2 amide bonds. The van der Waals surface area contributed by atoms with Gasteiger partial charge in [0.05, 0.1) is 17.7 Å². The van der Waals surface area contributed by atoms with Gasteiger partial charge >= 0.3 is 0 Å². The second-order valence-electron chi connectivity index (χ2n) is 5.46. The van der Waals surface area contributed by atoms with Crippen LogP contribution in [-0.2, 0) is 14.3 Å². The van der Waals surface area contributed by atoms with Gasteiger partial charge in [0, 0.05) is 19.0 Å². The number of hydrogen-bond acceptors (Lipinski definition) is 5. The Labute approximate surface area is 133 Å². The summed E-state index contributed by atoms with van der Waals surface area (Å²) in [7, 11) is 0. The van der Waals surface area contributed by atoms with Crippen molar-refractivity contribution in [2.45, 2.75) is 25.0 Å². The van der Waals surface area contributed by atoms with Crippen molar-refractivity contribution in [3.63, 3.8) is 0 Å². The van der Waals surface area contributed by atoms with Gasteiger partial charge in [0.25, 0.3) is 0 Å². The Morgan fingerprint density at radius 3 is 3.00 bits per heavy atom. The lowest BCUT2D eigenvalue weighted by Crippen LogP contribution is -2.47. The summed E-state index contributed by atoms with van der Waals surface area (Å²) in [5.74, 6) is 0.983. The summed E-state index contributed by atoms with van der Waals surface area (Å²) in [6.07, 6.45) is 5.11. The molecule has 0 unspecified atom stereocenters. The molecule has 3 heterocycles. The van der Waals surface area contributed by atoms with Crippen molar-refractivity contribution in [3.8, 4) is 0 Å². The summed E-state index contributed by atoms with van der Waals surface area (Å²) in [6, 6.07) is 3.76. The van der Waals surface area contributed by atoms with Crippen molar-refractivity contribution in [2.75, 3.05) is 24.8 Å². The Kier molecular flexibility index (Phi) is 4.94. The smallest absolute Gasteiger partial charge is 0.239 e. The van der Waals surface area contributed by atoms with Crippen LogP contribution in [0.5, 0.6) is 0 Å². The molecule has 0 saturated carbocycles. The molecule has 2 saturated heterocycles. The van der Waals surface area contributed by atoms with E-state index in [9.17, 15) is 9.59 Å². The van der Waals surface area contributed by atoms with Crippen LogP contribution in [0.15, 0.2) is 24.5 Å². The molecule has 6 nitrogen and oxygen atoms in total. The van der Waals surface area contributed by atoms with Crippen molar-refractivity contribution >= 4 is 23.6 Å². The van der Waals surface area contributed by atoms with E-state index in [0.717, 1.165) is 18.4 Å². The summed E-state index contributed by atoms with van der Waals surface area (Å²) in [5.41, 5.74) is 1.02. The molecule has 1 N–H and O–H groups in total. The minimum Gasteiger partial charge on any atom is -0.371 e. The molecule has 2 fully saturated rings. The zero-order valence-corrected chi connectivity index (χ0v) is 13.1. The zero-order valence-electron chi connectivity index (χ0n) is 12.2. The molecule has 3 rings (SSSR count). The maximum atomic E-state index is 12.2. The van der Waals surface area contributed by atoms with Gasteiger partial charge in [-0.3, -0.25) is 14.6 Å². The summed E-state index contributed by atoms with van der Waals surface area (Å²) in [5, 5.41) is 3.03. The third-order valence-corrected chi connectivity index (χ3v) is 4.81. The van der Waals surface area contributed by atoms with Gasteiger partial charge in [0.2, 0.25) is 11.8 Å². The van der Waals surface area contributed by atoms with Crippen molar-refractivity contribution in [1.82, 2.24) is 15.2 Å². The molecule has 1 aromatic rings. The fourth-order valence-corrected chi connectivity index (χ4v) is 3.68. The third-order valence-electron chi connectivity index (χ3n) is 3.86. The minimum absolute atomic E-state index is 0.0331. The zero-order chi connectivity index (χ0) is 15.4.